The lowest BCUT2D eigenvalue weighted by atomic mass is 9.61. The smallest absolute Gasteiger partial charge is 0.306 e. The van der Waals surface area contributed by atoms with E-state index in [0.717, 1.165) is 68.5 Å². The van der Waals surface area contributed by atoms with Gasteiger partial charge in [-0.1, -0.05) is 74.5 Å². The number of carboxylic acid groups (broad SMARTS) is 1. The fourth-order valence-electron chi connectivity index (χ4n) is 11.6. The van der Waals surface area contributed by atoms with Crippen LogP contribution >= 0.6 is 0 Å². The number of amides is 4. The van der Waals surface area contributed by atoms with Crippen molar-refractivity contribution < 1.29 is 48.0 Å². The van der Waals surface area contributed by atoms with E-state index in [9.17, 15) is 29.1 Å². The molecule has 82 heavy (non-hydrogen) atoms. The third-order valence-corrected chi connectivity index (χ3v) is 15.6. The molecule has 1 saturated carbocycles. The van der Waals surface area contributed by atoms with Crippen LogP contribution in [0.25, 0.3) is 22.5 Å². The number of aryl methyl sites for hydroxylation is 2. The number of allylic oxidation sites excluding steroid dienone is 3. The van der Waals surface area contributed by atoms with E-state index in [1.807, 2.05) is 86.1 Å². The van der Waals surface area contributed by atoms with Crippen molar-refractivity contribution >= 4 is 46.7 Å². The van der Waals surface area contributed by atoms with Crippen molar-refractivity contribution in [3.8, 4) is 28.3 Å². The maximum Gasteiger partial charge on any atom is 0.306 e. The molecule has 5 N–H and O–H groups in total. The topological polar surface area (TPSA) is 237 Å². The van der Waals surface area contributed by atoms with Gasteiger partial charge in [0.25, 0.3) is 0 Å². The van der Waals surface area contributed by atoms with Gasteiger partial charge in [-0.25, -0.2) is 4.68 Å². The van der Waals surface area contributed by atoms with E-state index >= 15 is 0 Å². The molecule has 8 rings (SSSR count). The number of rotatable bonds is 26. The Bertz CT molecular complexity index is 3010. The van der Waals surface area contributed by atoms with Gasteiger partial charge in [0.2, 0.25) is 23.6 Å². The number of hydrogen-bond acceptors (Lipinski definition) is 13. The number of para-hydroxylation sites is 1. The molecule has 4 aromatic rings. The van der Waals surface area contributed by atoms with Gasteiger partial charge in [0.05, 0.1) is 69.2 Å². The Labute approximate surface area is 482 Å². The zero-order valence-electron chi connectivity index (χ0n) is 48.8. The van der Waals surface area contributed by atoms with E-state index < -0.39 is 17.8 Å². The van der Waals surface area contributed by atoms with E-state index in [0.29, 0.717) is 83.1 Å². The van der Waals surface area contributed by atoms with E-state index in [-0.39, 0.29) is 98.9 Å². The number of ether oxygens (including phenoxy) is 4. The fourth-order valence-corrected chi connectivity index (χ4v) is 11.6. The number of nitrogens with one attached hydrogen (secondary N) is 4. The van der Waals surface area contributed by atoms with Crippen LogP contribution in [-0.4, -0.2) is 128 Å². The van der Waals surface area contributed by atoms with Crippen LogP contribution < -0.4 is 30.9 Å². The summed E-state index contributed by atoms with van der Waals surface area (Å²) in [4.78, 5) is 72.5. The van der Waals surface area contributed by atoms with Crippen molar-refractivity contribution in [2.45, 2.75) is 112 Å². The Hall–Kier alpha value is -7.22. The third kappa shape index (κ3) is 15.5. The highest BCUT2D eigenvalue weighted by molar-refractivity contribution is 6.09. The summed E-state index contributed by atoms with van der Waals surface area (Å²) in [5.41, 5.74) is 9.70. The van der Waals surface area contributed by atoms with Gasteiger partial charge in [0.1, 0.15) is 17.2 Å². The monoisotopic (exact) mass is 1130 g/mol. The number of carbonyl (C=O) groups is 5. The molecular formula is C63H83N9O10. The lowest BCUT2D eigenvalue weighted by Crippen LogP contribution is -2.43. The predicted octanol–water partition coefficient (Wildman–Crippen LogP) is 8.42. The summed E-state index contributed by atoms with van der Waals surface area (Å²) < 4.78 is 25.5. The fraction of sp³-hybridized carbons (Fsp3) is 0.524. The van der Waals surface area contributed by atoms with Crippen LogP contribution in [-0.2, 0) is 51.3 Å². The van der Waals surface area contributed by atoms with Crippen LogP contribution in [0.4, 0.5) is 11.4 Å². The standard InChI is InChI=1S/C63H83N9O10/c1-8-64-50-36-53-48(33-40(50)3)58(49-34-41(4)51(65-9-2)37-54(49)82-53)45-21-20-42(35-47(45)62(77)78)61(76)67-25-28-80-30-32-81-31-29-79-27-24-66-56(74)22-23-57(75)71-38-43-15-10-11-16-44(43)60-59(46-17-12-13-18-52(46)71)69-70-72(60)26-14-19-55(73)68-39-63(5,6)7/h10-13,15-18,33-34,36-37,42,45,47-48,58,65H,8-9,14,19-32,35,38-39H2,1-7H3,(H,66,74)(H,67,76)(H,68,73)(H,77,78). The molecule has 3 heterocycles. The number of hydrogen-bond donors (Lipinski definition) is 5. The SMILES string of the molecule is CCN=C1C=C2Oc3cc(NCC)c(C)cc3C(C3CCC(C(=O)NCCOCCOCCOCCNC(=O)CCC(=O)N4Cc5ccccc5-c5c(nnn5CCCC(=O)NCC(C)(C)C)-c5ccccc54)CC3C(=O)O)C2C=C1C. The second-order valence-electron chi connectivity index (χ2n) is 22.8. The molecule has 3 aromatic carbocycles. The molecule has 4 amide bonds. The van der Waals surface area contributed by atoms with E-state index in [2.05, 4.69) is 76.4 Å². The van der Waals surface area contributed by atoms with Crippen LogP contribution in [0.5, 0.6) is 5.75 Å². The van der Waals surface area contributed by atoms with Crippen molar-refractivity contribution in [2.75, 3.05) is 82.6 Å². The largest absolute Gasteiger partial charge is 0.481 e. The quantitative estimate of drug-likeness (QED) is 0.0372. The number of nitrogens with zero attached hydrogens (tertiary/aromatic N) is 5. The Kier molecular flexibility index (Phi) is 21.3. The maximum absolute atomic E-state index is 14.0. The minimum atomic E-state index is -0.889. The second kappa shape index (κ2) is 28.7. The Morgan fingerprint density at radius 1 is 0.829 bits per heavy atom. The highest BCUT2D eigenvalue weighted by atomic mass is 16.5. The molecule has 4 aliphatic rings. The number of carbonyl (C=O) groups excluding carboxylic acids is 4. The normalized spacial score (nSPS) is 19.6. The van der Waals surface area contributed by atoms with Crippen LogP contribution in [0, 0.1) is 36.0 Å². The summed E-state index contributed by atoms with van der Waals surface area (Å²) in [5, 5.41) is 32.1. The molecule has 19 heteroatoms. The van der Waals surface area contributed by atoms with Crippen molar-refractivity contribution in [3.05, 3.63) is 101 Å². The van der Waals surface area contributed by atoms with Crippen molar-refractivity contribution in [1.82, 2.24) is 30.9 Å². The first-order valence-corrected chi connectivity index (χ1v) is 29.2. The molecule has 2 aliphatic heterocycles. The number of carboxylic acids is 1. The van der Waals surface area contributed by atoms with E-state index in [1.54, 1.807) is 4.90 Å². The van der Waals surface area contributed by atoms with Gasteiger partial charge in [-0.05, 0) is 99.1 Å². The Morgan fingerprint density at radius 3 is 2.24 bits per heavy atom. The first-order valence-electron chi connectivity index (χ1n) is 29.2. The van der Waals surface area contributed by atoms with Crippen molar-refractivity contribution in [1.29, 1.82) is 0 Å². The Balaban J connectivity index is 0.713. The van der Waals surface area contributed by atoms with Crippen LogP contribution in [0.1, 0.15) is 109 Å². The summed E-state index contributed by atoms with van der Waals surface area (Å²) >= 11 is 0. The zero-order chi connectivity index (χ0) is 58.3. The summed E-state index contributed by atoms with van der Waals surface area (Å²) in [6.45, 7) is 19.6. The molecule has 0 bridgehead atoms. The average molecular weight is 1130 g/mol. The number of fused-ring (bicyclic) bond motifs is 7. The van der Waals surface area contributed by atoms with Crippen molar-refractivity contribution in [2.24, 2.45) is 34.1 Å². The minimum absolute atomic E-state index is 0.000163. The molecular weight excluding hydrogens is 1040 g/mol. The van der Waals surface area contributed by atoms with Crippen LogP contribution in [0.15, 0.2) is 89.1 Å². The number of aromatic nitrogens is 3. The first-order chi connectivity index (χ1) is 39.5. The molecule has 1 fully saturated rings. The number of aliphatic imine (C=N–C) groups is 1. The van der Waals surface area contributed by atoms with Crippen LogP contribution in [0.2, 0.25) is 0 Å². The van der Waals surface area contributed by atoms with Crippen LogP contribution in [0.3, 0.4) is 0 Å². The van der Waals surface area contributed by atoms with Gasteiger partial charge >= 0.3 is 5.97 Å². The molecule has 5 atom stereocenters. The third-order valence-electron chi connectivity index (χ3n) is 15.6. The second-order valence-corrected chi connectivity index (χ2v) is 22.8. The molecule has 1 aromatic heterocycles. The average Bonchev–Trinajstić information content (AvgIpc) is 3.96. The molecule has 19 nitrogen and oxygen atoms in total. The molecule has 0 saturated heterocycles. The van der Waals surface area contributed by atoms with Crippen molar-refractivity contribution in [3.63, 3.8) is 0 Å². The number of aliphatic carboxylic acids is 1. The predicted molar refractivity (Wildman–Crippen MR) is 315 cm³/mol. The van der Waals surface area contributed by atoms with Gasteiger partial charge in [-0.2, -0.15) is 0 Å². The molecule has 0 spiro atoms. The lowest BCUT2D eigenvalue weighted by Gasteiger charge is -2.45. The summed E-state index contributed by atoms with van der Waals surface area (Å²) in [6, 6.07) is 19.7. The van der Waals surface area contributed by atoms with Gasteiger partial charge < -0.3 is 50.2 Å². The van der Waals surface area contributed by atoms with Gasteiger partial charge in [-0.15, -0.1) is 5.10 Å². The Morgan fingerprint density at radius 2 is 1.52 bits per heavy atom. The van der Waals surface area contributed by atoms with Gasteiger partial charge in [-0.3, -0.25) is 29.0 Å². The highest BCUT2D eigenvalue weighted by Crippen LogP contribution is 2.54. The molecule has 2 aliphatic carbocycles. The maximum atomic E-state index is 14.0. The summed E-state index contributed by atoms with van der Waals surface area (Å²) in [7, 11) is 0. The zero-order valence-corrected chi connectivity index (χ0v) is 48.8. The van der Waals surface area contributed by atoms with Gasteiger partial charge in [0, 0.05) is 105 Å². The van der Waals surface area contributed by atoms with E-state index in [1.165, 1.54) is 0 Å². The molecule has 0 radical (unpaired) electrons. The number of benzene rings is 3. The number of anilines is 2. The highest BCUT2D eigenvalue weighted by Gasteiger charge is 2.48. The van der Waals surface area contributed by atoms with Gasteiger partial charge in [0.15, 0.2) is 0 Å². The molecule has 440 valence electrons. The molecule has 5 unspecified atom stereocenters. The summed E-state index contributed by atoms with van der Waals surface area (Å²) in [6.07, 6.45) is 6.55. The van der Waals surface area contributed by atoms with E-state index in [4.69, 9.17) is 18.9 Å². The summed E-state index contributed by atoms with van der Waals surface area (Å²) in [5.74, 6) is -1.67. The first kappa shape index (κ1) is 60.9. The minimum Gasteiger partial charge on any atom is -0.481 e. The lowest BCUT2D eigenvalue weighted by molar-refractivity contribution is -0.147.